The van der Waals surface area contributed by atoms with Crippen LogP contribution in [0, 0.1) is 25.2 Å². The number of carbonyl (C=O) groups is 1. The highest BCUT2D eigenvalue weighted by Crippen LogP contribution is 2.34. The third-order valence-corrected chi connectivity index (χ3v) is 7.57. The predicted octanol–water partition coefficient (Wildman–Crippen LogP) is 7.37. The van der Waals surface area contributed by atoms with E-state index in [9.17, 15) is 4.79 Å². The van der Waals surface area contributed by atoms with E-state index in [1.165, 1.54) is 11.1 Å². The highest BCUT2D eigenvalue weighted by molar-refractivity contribution is 6.32. The van der Waals surface area contributed by atoms with Crippen LogP contribution >= 0.6 is 24.0 Å². The third kappa shape index (κ3) is 8.84. The summed E-state index contributed by atoms with van der Waals surface area (Å²) in [5.74, 6) is 1.48. The van der Waals surface area contributed by atoms with Crippen molar-refractivity contribution < 1.29 is 14.3 Å². The molecule has 0 aliphatic carbocycles. The molecule has 1 amide bonds. The van der Waals surface area contributed by atoms with Gasteiger partial charge in [-0.25, -0.2) is 4.98 Å². The Hall–Kier alpha value is -4.35. The van der Waals surface area contributed by atoms with Crippen LogP contribution < -0.4 is 9.47 Å². The first-order chi connectivity index (χ1) is 20.9. The number of hydrogen-bond acceptors (Lipinski definition) is 6. The first kappa shape index (κ1) is 32.6. The molecule has 0 spiro atoms. The summed E-state index contributed by atoms with van der Waals surface area (Å²) < 4.78 is 11.8. The monoisotopic (exact) mass is 628 g/mol. The van der Waals surface area contributed by atoms with Crippen molar-refractivity contribution in [2.45, 2.75) is 27.0 Å². The SMILES string of the molecule is Cc1ccc(CN2CCN(C(=O)C=Cc3cc(C)c(Oc4ccc(OCc5ccc(C#N)cc5)cn4)c(Cl)c3)CC2)cc1.Cl. The summed E-state index contributed by atoms with van der Waals surface area (Å²) in [7, 11) is 0. The number of amides is 1. The van der Waals surface area contributed by atoms with Crippen molar-refractivity contribution in [2.75, 3.05) is 26.2 Å². The summed E-state index contributed by atoms with van der Waals surface area (Å²) in [6.07, 6.45) is 4.99. The van der Waals surface area contributed by atoms with E-state index in [-0.39, 0.29) is 18.3 Å². The Morgan fingerprint density at radius 2 is 1.68 bits per heavy atom. The minimum atomic E-state index is -0.00483. The molecule has 0 bridgehead atoms. The maximum atomic E-state index is 12.9. The molecule has 0 radical (unpaired) electrons. The zero-order chi connectivity index (χ0) is 30.2. The van der Waals surface area contributed by atoms with Gasteiger partial charge in [0.05, 0.1) is 22.9 Å². The van der Waals surface area contributed by atoms with Crippen molar-refractivity contribution in [1.29, 1.82) is 5.26 Å². The second-order valence-corrected chi connectivity index (χ2v) is 11.0. The Labute approximate surface area is 269 Å². The zero-order valence-corrected chi connectivity index (χ0v) is 26.3. The van der Waals surface area contributed by atoms with Crippen LogP contribution in [0.5, 0.6) is 17.4 Å². The minimum Gasteiger partial charge on any atom is -0.487 e. The largest absolute Gasteiger partial charge is 0.487 e. The van der Waals surface area contributed by atoms with Crippen molar-refractivity contribution in [3.63, 3.8) is 0 Å². The van der Waals surface area contributed by atoms with Crippen LogP contribution in [-0.2, 0) is 17.9 Å². The standard InChI is InChI=1S/C35H33ClN4O3.ClH/c1-25-3-5-28(6-4-25)23-39-15-17-40(18-16-39)34(41)14-11-30-19-26(2)35(32(36)20-30)43-33-13-12-31(22-38-33)42-24-29-9-7-27(21-37)8-10-29;/h3-14,19-20,22H,15-18,23-24H2,1-2H3;1H. The zero-order valence-electron chi connectivity index (χ0n) is 24.7. The lowest BCUT2D eigenvalue weighted by atomic mass is 10.1. The lowest BCUT2D eigenvalue weighted by Crippen LogP contribution is -2.47. The maximum Gasteiger partial charge on any atom is 0.246 e. The van der Waals surface area contributed by atoms with Crippen LogP contribution in [0.1, 0.15) is 33.4 Å². The topological polar surface area (TPSA) is 78.7 Å². The molecule has 1 aliphatic rings. The quantitative estimate of drug-likeness (QED) is 0.180. The Morgan fingerprint density at radius 3 is 2.32 bits per heavy atom. The molecule has 44 heavy (non-hydrogen) atoms. The Morgan fingerprint density at radius 1 is 0.977 bits per heavy atom. The van der Waals surface area contributed by atoms with E-state index in [0.29, 0.717) is 47.7 Å². The molecular weight excluding hydrogens is 595 g/mol. The molecule has 3 aromatic carbocycles. The summed E-state index contributed by atoms with van der Waals surface area (Å²) in [6.45, 7) is 8.36. The van der Waals surface area contributed by atoms with Gasteiger partial charge in [0.15, 0.2) is 5.75 Å². The molecule has 1 aromatic heterocycles. The lowest BCUT2D eigenvalue weighted by Gasteiger charge is -2.34. The molecule has 1 fully saturated rings. The lowest BCUT2D eigenvalue weighted by molar-refractivity contribution is -0.127. The van der Waals surface area contributed by atoms with Gasteiger partial charge in [-0.05, 0) is 72.5 Å². The fourth-order valence-electron chi connectivity index (χ4n) is 4.79. The number of nitriles is 1. The molecule has 5 rings (SSSR count). The van der Waals surface area contributed by atoms with Gasteiger partial charge in [0.1, 0.15) is 12.4 Å². The van der Waals surface area contributed by atoms with Gasteiger partial charge in [-0.15, -0.1) is 12.4 Å². The van der Waals surface area contributed by atoms with Gasteiger partial charge in [-0.3, -0.25) is 9.69 Å². The molecular formula is C35H34Cl2N4O3. The van der Waals surface area contributed by atoms with Gasteiger partial charge in [0.25, 0.3) is 0 Å². The fourth-order valence-corrected chi connectivity index (χ4v) is 5.11. The van der Waals surface area contributed by atoms with Crippen molar-refractivity contribution >= 4 is 36.0 Å². The van der Waals surface area contributed by atoms with Crippen LogP contribution in [0.4, 0.5) is 0 Å². The van der Waals surface area contributed by atoms with Gasteiger partial charge in [-0.1, -0.05) is 53.6 Å². The number of hydrogen-bond donors (Lipinski definition) is 0. The van der Waals surface area contributed by atoms with Crippen LogP contribution in [0.2, 0.25) is 5.02 Å². The van der Waals surface area contributed by atoms with Crippen LogP contribution in [0.15, 0.2) is 85.1 Å². The van der Waals surface area contributed by atoms with Gasteiger partial charge in [0.2, 0.25) is 11.8 Å². The average Bonchev–Trinajstić information content (AvgIpc) is 3.03. The maximum absolute atomic E-state index is 12.9. The molecule has 1 saturated heterocycles. The second kappa shape index (κ2) is 15.4. The van der Waals surface area contributed by atoms with Gasteiger partial charge >= 0.3 is 0 Å². The summed E-state index contributed by atoms with van der Waals surface area (Å²) >= 11 is 6.58. The Balaban J connectivity index is 0.00000442. The number of benzene rings is 3. The number of rotatable bonds is 9. The van der Waals surface area contributed by atoms with Crippen molar-refractivity contribution in [2.24, 2.45) is 0 Å². The summed E-state index contributed by atoms with van der Waals surface area (Å²) in [5, 5.41) is 9.35. The number of ether oxygens (including phenoxy) is 2. The van der Waals surface area contributed by atoms with E-state index in [0.717, 1.165) is 36.3 Å². The normalized spacial score (nSPS) is 13.3. The van der Waals surface area contributed by atoms with E-state index < -0.39 is 0 Å². The minimum absolute atomic E-state index is 0. The van der Waals surface area contributed by atoms with Crippen molar-refractivity contribution in [3.05, 3.63) is 123 Å². The molecule has 9 heteroatoms. The van der Waals surface area contributed by atoms with E-state index in [1.54, 1.807) is 48.7 Å². The average molecular weight is 630 g/mol. The number of halogens is 2. The van der Waals surface area contributed by atoms with E-state index >= 15 is 0 Å². The first-order valence-electron chi connectivity index (χ1n) is 14.2. The third-order valence-electron chi connectivity index (χ3n) is 7.29. The van der Waals surface area contributed by atoms with Crippen molar-refractivity contribution in [1.82, 2.24) is 14.8 Å². The number of nitrogens with zero attached hydrogens (tertiary/aromatic N) is 4. The van der Waals surface area contributed by atoms with Crippen molar-refractivity contribution in [3.8, 4) is 23.4 Å². The predicted molar refractivity (Wildman–Crippen MR) is 175 cm³/mol. The number of carbonyl (C=O) groups excluding carboxylic acids is 1. The fraction of sp³-hybridized carbons (Fsp3) is 0.229. The molecule has 0 unspecified atom stereocenters. The van der Waals surface area contributed by atoms with Gasteiger partial charge in [0, 0.05) is 44.9 Å². The number of pyridine rings is 1. The molecule has 0 N–H and O–H groups in total. The number of aryl methyl sites for hydroxylation is 2. The summed E-state index contributed by atoms with van der Waals surface area (Å²) in [6, 6.07) is 25.2. The summed E-state index contributed by atoms with van der Waals surface area (Å²) in [4.78, 5) is 21.5. The van der Waals surface area contributed by atoms with E-state index in [4.69, 9.17) is 26.3 Å². The molecule has 0 atom stereocenters. The molecule has 2 heterocycles. The second-order valence-electron chi connectivity index (χ2n) is 10.6. The highest BCUT2D eigenvalue weighted by Gasteiger charge is 2.20. The Kier molecular flexibility index (Phi) is 11.4. The number of aromatic nitrogens is 1. The smallest absolute Gasteiger partial charge is 0.246 e. The Bertz CT molecular complexity index is 1600. The molecule has 4 aromatic rings. The molecule has 226 valence electrons. The van der Waals surface area contributed by atoms with Crippen LogP contribution in [-0.4, -0.2) is 46.9 Å². The first-order valence-corrected chi connectivity index (χ1v) is 14.5. The number of piperazine rings is 1. The van der Waals surface area contributed by atoms with E-state index in [1.807, 2.05) is 30.0 Å². The van der Waals surface area contributed by atoms with Gasteiger partial charge < -0.3 is 14.4 Å². The molecule has 1 aliphatic heterocycles. The van der Waals surface area contributed by atoms with E-state index in [2.05, 4.69) is 47.1 Å². The molecule has 0 saturated carbocycles. The summed E-state index contributed by atoms with van der Waals surface area (Å²) in [5.41, 5.74) is 5.76. The van der Waals surface area contributed by atoms with Crippen LogP contribution in [0.3, 0.4) is 0 Å². The molecule has 7 nitrogen and oxygen atoms in total. The van der Waals surface area contributed by atoms with Gasteiger partial charge in [-0.2, -0.15) is 5.26 Å². The highest BCUT2D eigenvalue weighted by atomic mass is 35.5. The van der Waals surface area contributed by atoms with Crippen LogP contribution in [0.25, 0.3) is 6.08 Å².